The molecule has 0 aliphatic carbocycles. The number of likely N-dealkylation sites (N-methyl/N-ethyl adjacent to an activating group) is 1. The molecule has 0 fully saturated rings. The smallest absolute Gasteiger partial charge is 0.0591 e. The van der Waals surface area contributed by atoms with Crippen LogP contribution in [0, 0.1) is 5.41 Å². The summed E-state index contributed by atoms with van der Waals surface area (Å²) < 4.78 is 0. The van der Waals surface area contributed by atoms with Crippen molar-refractivity contribution in [3.8, 4) is 0 Å². The molecule has 0 unspecified atom stereocenters. The van der Waals surface area contributed by atoms with Crippen LogP contribution in [0.3, 0.4) is 0 Å². The lowest BCUT2D eigenvalue weighted by Gasteiger charge is -2.34. The van der Waals surface area contributed by atoms with Crippen LogP contribution in [0.25, 0.3) is 0 Å². The molecule has 2 heteroatoms. The fourth-order valence-electron chi connectivity index (χ4n) is 1.21. The van der Waals surface area contributed by atoms with Gasteiger partial charge in [0.15, 0.2) is 0 Å². The summed E-state index contributed by atoms with van der Waals surface area (Å²) in [6.07, 6.45) is 0. The molecule has 0 aliphatic rings. The lowest BCUT2D eigenvalue weighted by molar-refractivity contribution is 0.0837. The van der Waals surface area contributed by atoms with Gasteiger partial charge in [-0.25, -0.2) is 0 Å². The van der Waals surface area contributed by atoms with Crippen molar-refractivity contribution in [3.05, 3.63) is 0 Å². The largest absolute Gasteiger partial charge is 0.395 e. The Labute approximate surface area is 63.8 Å². The molecular formula is C8H19NO. The molecule has 0 bridgehead atoms. The molecule has 0 rings (SSSR count). The van der Waals surface area contributed by atoms with Crippen LogP contribution in [0.4, 0.5) is 0 Å². The van der Waals surface area contributed by atoms with Crippen LogP contribution >= 0.6 is 0 Å². The van der Waals surface area contributed by atoms with Gasteiger partial charge in [0.1, 0.15) is 0 Å². The maximum absolute atomic E-state index is 8.99. The number of hydrogen-bond acceptors (Lipinski definition) is 2. The van der Waals surface area contributed by atoms with E-state index in [2.05, 4.69) is 25.7 Å². The number of aliphatic hydroxyl groups is 1. The summed E-state index contributed by atoms with van der Waals surface area (Å²) in [5.74, 6) is 0. The number of hydrogen-bond donors (Lipinski definition) is 1. The van der Waals surface area contributed by atoms with E-state index in [0.29, 0.717) is 0 Å². The van der Waals surface area contributed by atoms with Crippen LogP contribution in [0.15, 0.2) is 0 Å². The zero-order valence-electron chi connectivity index (χ0n) is 7.68. The Kier molecular flexibility index (Phi) is 3.33. The third kappa shape index (κ3) is 2.67. The van der Waals surface area contributed by atoms with Crippen LogP contribution in [-0.2, 0) is 0 Å². The first kappa shape index (κ1) is 9.92. The monoisotopic (exact) mass is 145 g/mol. The number of aliphatic hydroxyl groups excluding tert-OH is 1. The van der Waals surface area contributed by atoms with Gasteiger partial charge in [-0.2, -0.15) is 0 Å². The molecule has 1 N–H and O–H groups in total. The highest BCUT2D eigenvalue weighted by molar-refractivity contribution is 4.78. The Hall–Kier alpha value is -0.0800. The maximum Gasteiger partial charge on any atom is 0.0591 e. The van der Waals surface area contributed by atoms with Crippen LogP contribution in [-0.4, -0.2) is 36.8 Å². The van der Waals surface area contributed by atoms with E-state index in [9.17, 15) is 0 Å². The summed E-state index contributed by atoms with van der Waals surface area (Å²) in [5.41, 5.74) is 0.165. The van der Waals surface area contributed by atoms with Gasteiger partial charge in [-0.15, -0.1) is 0 Å². The third-order valence-corrected chi connectivity index (χ3v) is 1.80. The van der Waals surface area contributed by atoms with Crippen molar-refractivity contribution < 1.29 is 5.11 Å². The molecule has 0 aromatic heterocycles. The SMILES string of the molecule is CN(C)[C@H](CO)C(C)(C)C. The van der Waals surface area contributed by atoms with Gasteiger partial charge < -0.3 is 10.0 Å². The Morgan fingerprint density at radius 1 is 1.30 bits per heavy atom. The highest BCUT2D eigenvalue weighted by Gasteiger charge is 2.25. The second kappa shape index (κ2) is 3.35. The first-order valence-corrected chi connectivity index (χ1v) is 3.67. The van der Waals surface area contributed by atoms with Crippen molar-refractivity contribution in [2.24, 2.45) is 5.41 Å². The summed E-state index contributed by atoms with van der Waals surface area (Å²) >= 11 is 0. The van der Waals surface area contributed by atoms with E-state index in [1.807, 2.05) is 14.1 Å². The van der Waals surface area contributed by atoms with Gasteiger partial charge in [0.05, 0.1) is 6.61 Å². The minimum atomic E-state index is 0.165. The minimum Gasteiger partial charge on any atom is -0.395 e. The van der Waals surface area contributed by atoms with Gasteiger partial charge in [-0.1, -0.05) is 20.8 Å². The van der Waals surface area contributed by atoms with Crippen molar-refractivity contribution in [2.45, 2.75) is 26.8 Å². The summed E-state index contributed by atoms with van der Waals surface area (Å²) in [6, 6.07) is 0.257. The molecule has 0 amide bonds. The van der Waals surface area contributed by atoms with E-state index in [4.69, 9.17) is 5.11 Å². The van der Waals surface area contributed by atoms with Gasteiger partial charge >= 0.3 is 0 Å². The van der Waals surface area contributed by atoms with Crippen LogP contribution in [0.5, 0.6) is 0 Å². The van der Waals surface area contributed by atoms with E-state index < -0.39 is 0 Å². The van der Waals surface area contributed by atoms with Crippen molar-refractivity contribution in [1.82, 2.24) is 4.90 Å². The molecular weight excluding hydrogens is 126 g/mol. The molecule has 0 aromatic carbocycles. The van der Waals surface area contributed by atoms with Crippen molar-refractivity contribution in [3.63, 3.8) is 0 Å². The zero-order chi connectivity index (χ0) is 8.36. The average molecular weight is 145 g/mol. The van der Waals surface area contributed by atoms with Crippen LogP contribution < -0.4 is 0 Å². The minimum absolute atomic E-state index is 0.165. The van der Waals surface area contributed by atoms with E-state index >= 15 is 0 Å². The second-order valence-electron chi connectivity index (χ2n) is 4.03. The fraction of sp³-hybridized carbons (Fsp3) is 1.00. The predicted octanol–water partition coefficient (Wildman–Crippen LogP) is 0.955. The number of nitrogens with zero attached hydrogens (tertiary/aromatic N) is 1. The molecule has 0 saturated heterocycles. The fourth-order valence-corrected chi connectivity index (χ4v) is 1.21. The Bertz CT molecular complexity index is 93.9. The summed E-state index contributed by atoms with van der Waals surface area (Å²) in [6.45, 7) is 6.63. The van der Waals surface area contributed by atoms with E-state index in [0.717, 1.165) is 0 Å². The Morgan fingerprint density at radius 3 is 1.70 bits per heavy atom. The van der Waals surface area contributed by atoms with Gasteiger partial charge in [0, 0.05) is 6.04 Å². The summed E-state index contributed by atoms with van der Waals surface area (Å²) in [4.78, 5) is 2.06. The molecule has 0 heterocycles. The number of rotatable bonds is 2. The molecule has 0 radical (unpaired) electrons. The summed E-state index contributed by atoms with van der Waals surface area (Å²) in [7, 11) is 3.98. The highest BCUT2D eigenvalue weighted by atomic mass is 16.3. The first-order chi connectivity index (χ1) is 4.39. The molecule has 0 aromatic rings. The van der Waals surface area contributed by atoms with Crippen molar-refractivity contribution >= 4 is 0 Å². The van der Waals surface area contributed by atoms with Crippen molar-refractivity contribution in [2.75, 3.05) is 20.7 Å². The van der Waals surface area contributed by atoms with Crippen LogP contribution in [0.2, 0.25) is 0 Å². The van der Waals surface area contributed by atoms with E-state index in [-0.39, 0.29) is 18.1 Å². The average Bonchev–Trinajstić information content (AvgIpc) is 1.60. The van der Waals surface area contributed by atoms with E-state index in [1.54, 1.807) is 0 Å². The standard InChI is InChI=1S/C8H19NO/c1-8(2,3)7(6-10)9(4)5/h7,10H,6H2,1-5H3/t7-/m1/s1. The lowest BCUT2D eigenvalue weighted by atomic mass is 9.86. The highest BCUT2D eigenvalue weighted by Crippen LogP contribution is 2.21. The lowest BCUT2D eigenvalue weighted by Crippen LogP contribution is -2.42. The van der Waals surface area contributed by atoms with Gasteiger partial charge in [-0.05, 0) is 19.5 Å². The molecule has 10 heavy (non-hydrogen) atoms. The molecule has 62 valence electrons. The Balaban J connectivity index is 4.07. The maximum atomic E-state index is 8.99. The first-order valence-electron chi connectivity index (χ1n) is 3.67. The zero-order valence-corrected chi connectivity index (χ0v) is 7.68. The third-order valence-electron chi connectivity index (χ3n) is 1.80. The van der Waals surface area contributed by atoms with Gasteiger partial charge in [0.2, 0.25) is 0 Å². The van der Waals surface area contributed by atoms with Gasteiger partial charge in [-0.3, -0.25) is 0 Å². The second-order valence-corrected chi connectivity index (χ2v) is 4.03. The normalized spacial score (nSPS) is 15.9. The molecule has 0 aliphatic heterocycles. The predicted molar refractivity (Wildman–Crippen MR) is 44.0 cm³/mol. The Morgan fingerprint density at radius 2 is 1.70 bits per heavy atom. The summed E-state index contributed by atoms with van der Waals surface area (Å²) in [5, 5.41) is 8.99. The molecule has 0 saturated carbocycles. The van der Waals surface area contributed by atoms with E-state index in [1.165, 1.54) is 0 Å². The molecule has 0 spiro atoms. The quantitative estimate of drug-likeness (QED) is 0.625. The molecule has 2 nitrogen and oxygen atoms in total. The van der Waals surface area contributed by atoms with Gasteiger partial charge in [0.25, 0.3) is 0 Å². The van der Waals surface area contributed by atoms with Crippen LogP contribution in [0.1, 0.15) is 20.8 Å². The molecule has 1 atom stereocenters. The van der Waals surface area contributed by atoms with Crippen molar-refractivity contribution in [1.29, 1.82) is 0 Å². The topological polar surface area (TPSA) is 23.5 Å².